The maximum absolute atomic E-state index is 5.84. The fourth-order valence-electron chi connectivity index (χ4n) is 1.74. The van der Waals surface area contributed by atoms with Gasteiger partial charge in [-0.3, -0.25) is 4.99 Å². The van der Waals surface area contributed by atoms with Crippen molar-refractivity contribution >= 4 is 52.6 Å². The minimum Gasteiger partial charge on any atom is -0.370 e. The predicted octanol–water partition coefficient (Wildman–Crippen LogP) is 3.13. The lowest BCUT2D eigenvalue weighted by molar-refractivity contribution is 0.850. The zero-order valence-electron chi connectivity index (χ0n) is 12.3. The normalized spacial score (nSPS) is 11.2. The number of thiazole rings is 1. The Morgan fingerprint density at radius 3 is 2.81 bits per heavy atom. The summed E-state index contributed by atoms with van der Waals surface area (Å²) in [6.07, 6.45) is 1.84. The summed E-state index contributed by atoms with van der Waals surface area (Å²) in [6, 6.07) is 4.20. The average molecular weight is 436 g/mol. The van der Waals surface area contributed by atoms with Gasteiger partial charge in [0.25, 0.3) is 0 Å². The first-order valence-electron chi connectivity index (χ1n) is 6.64. The van der Waals surface area contributed by atoms with Crippen LogP contribution < -0.4 is 11.1 Å². The quantitative estimate of drug-likeness (QED) is 0.416. The van der Waals surface area contributed by atoms with Crippen LogP contribution in [0.5, 0.6) is 0 Å². The second kappa shape index (κ2) is 9.37. The van der Waals surface area contributed by atoms with Gasteiger partial charge in [-0.2, -0.15) is 0 Å². The Bertz CT molecular complexity index is 544. The van der Waals surface area contributed by atoms with Gasteiger partial charge in [0.1, 0.15) is 0 Å². The van der Waals surface area contributed by atoms with Gasteiger partial charge >= 0.3 is 0 Å². The van der Waals surface area contributed by atoms with E-state index in [1.54, 1.807) is 22.7 Å². The highest BCUT2D eigenvalue weighted by molar-refractivity contribution is 14.0. The molecule has 0 aromatic carbocycles. The fraction of sp³-hybridized carbons (Fsp3) is 0.429. The fourth-order valence-corrected chi connectivity index (χ4v) is 3.37. The second-order valence-corrected chi connectivity index (χ2v) is 6.84. The van der Waals surface area contributed by atoms with Crippen molar-refractivity contribution < 1.29 is 0 Å². The minimum absolute atomic E-state index is 0. The predicted molar refractivity (Wildman–Crippen MR) is 103 cm³/mol. The van der Waals surface area contributed by atoms with Crippen molar-refractivity contribution in [2.24, 2.45) is 10.7 Å². The Morgan fingerprint density at radius 2 is 2.19 bits per heavy atom. The number of thiophene rings is 1. The average Bonchev–Trinajstić information content (AvgIpc) is 3.01. The molecule has 0 spiro atoms. The molecule has 2 rings (SSSR count). The summed E-state index contributed by atoms with van der Waals surface area (Å²) in [5, 5.41) is 6.36. The van der Waals surface area contributed by atoms with E-state index in [2.05, 4.69) is 39.7 Å². The molecule has 0 atom stereocenters. The molecular weight excluding hydrogens is 415 g/mol. The van der Waals surface area contributed by atoms with E-state index >= 15 is 0 Å². The molecule has 2 aromatic rings. The monoisotopic (exact) mass is 436 g/mol. The Kier molecular flexibility index (Phi) is 8.20. The van der Waals surface area contributed by atoms with E-state index in [0.29, 0.717) is 12.5 Å². The molecule has 7 heteroatoms. The van der Waals surface area contributed by atoms with Crippen molar-refractivity contribution in [2.75, 3.05) is 13.1 Å². The van der Waals surface area contributed by atoms with Gasteiger partial charge in [-0.1, -0.05) is 6.07 Å². The van der Waals surface area contributed by atoms with E-state index < -0.39 is 0 Å². The van der Waals surface area contributed by atoms with E-state index in [0.717, 1.165) is 30.1 Å². The van der Waals surface area contributed by atoms with E-state index in [1.165, 1.54) is 9.75 Å². The first kappa shape index (κ1) is 18.4. The molecule has 0 amide bonds. The van der Waals surface area contributed by atoms with Gasteiger partial charge in [0.05, 0.1) is 10.7 Å². The maximum atomic E-state index is 5.84. The number of aromatic nitrogens is 1. The number of guanidine groups is 1. The van der Waals surface area contributed by atoms with Crippen LogP contribution in [0, 0.1) is 13.8 Å². The Balaban J connectivity index is 0.00000220. The van der Waals surface area contributed by atoms with Crippen LogP contribution in [0.4, 0.5) is 0 Å². The second-order valence-electron chi connectivity index (χ2n) is 4.52. The van der Waals surface area contributed by atoms with Crippen LogP contribution in [0.1, 0.15) is 20.5 Å². The number of aliphatic imine (C=N–C) groups is 1. The number of nitrogens with zero attached hydrogens (tertiary/aromatic N) is 2. The summed E-state index contributed by atoms with van der Waals surface area (Å²) in [4.78, 5) is 11.5. The van der Waals surface area contributed by atoms with Crippen molar-refractivity contribution in [3.8, 4) is 0 Å². The molecule has 21 heavy (non-hydrogen) atoms. The third-order valence-electron chi connectivity index (χ3n) is 2.94. The standard InChI is InChI=1S/C14H20N4S2.HI/c1-10-11(2)20-13(18-10)6-8-17-14(15)16-7-5-12-4-3-9-19-12;/h3-4,9H,5-8H2,1-2H3,(H3,15,16,17);1H. The Morgan fingerprint density at radius 1 is 1.38 bits per heavy atom. The first-order valence-corrected chi connectivity index (χ1v) is 8.34. The molecule has 0 unspecified atom stereocenters. The summed E-state index contributed by atoms with van der Waals surface area (Å²) in [6.45, 7) is 5.65. The lowest BCUT2D eigenvalue weighted by Crippen LogP contribution is -2.33. The molecule has 116 valence electrons. The molecule has 0 aliphatic carbocycles. The number of aryl methyl sites for hydroxylation is 2. The van der Waals surface area contributed by atoms with Crippen LogP contribution in [-0.4, -0.2) is 24.0 Å². The summed E-state index contributed by atoms with van der Waals surface area (Å²) in [5.41, 5.74) is 6.96. The molecule has 2 aromatic heterocycles. The lowest BCUT2D eigenvalue weighted by atomic mass is 10.3. The van der Waals surface area contributed by atoms with Gasteiger partial charge in [0.2, 0.25) is 0 Å². The molecular formula is C14H21IN4S2. The van der Waals surface area contributed by atoms with Crippen molar-refractivity contribution in [3.05, 3.63) is 38.0 Å². The van der Waals surface area contributed by atoms with Gasteiger partial charge in [0, 0.05) is 29.3 Å². The van der Waals surface area contributed by atoms with Crippen molar-refractivity contribution in [1.82, 2.24) is 10.3 Å². The highest BCUT2D eigenvalue weighted by atomic mass is 127. The van der Waals surface area contributed by atoms with E-state index in [4.69, 9.17) is 5.73 Å². The molecule has 0 bridgehead atoms. The molecule has 4 nitrogen and oxygen atoms in total. The first-order chi connectivity index (χ1) is 9.65. The lowest BCUT2D eigenvalue weighted by Gasteiger charge is -2.04. The number of rotatable bonds is 6. The van der Waals surface area contributed by atoms with Crippen LogP contribution in [0.2, 0.25) is 0 Å². The SMILES string of the molecule is Cc1nc(CCN=C(N)NCCc2cccs2)sc1C.I. The molecule has 0 saturated heterocycles. The third-order valence-corrected chi connectivity index (χ3v) is 5.01. The zero-order chi connectivity index (χ0) is 14.4. The largest absolute Gasteiger partial charge is 0.370 e. The minimum atomic E-state index is 0. The molecule has 3 N–H and O–H groups in total. The highest BCUT2D eigenvalue weighted by Crippen LogP contribution is 2.16. The topological polar surface area (TPSA) is 63.3 Å². The summed E-state index contributed by atoms with van der Waals surface area (Å²) in [7, 11) is 0. The number of hydrogen-bond donors (Lipinski definition) is 2. The molecule has 0 aliphatic heterocycles. The van der Waals surface area contributed by atoms with Crippen molar-refractivity contribution in [3.63, 3.8) is 0 Å². The number of nitrogens with one attached hydrogen (secondary N) is 1. The van der Waals surface area contributed by atoms with Gasteiger partial charge < -0.3 is 11.1 Å². The van der Waals surface area contributed by atoms with E-state index in [1.807, 2.05) is 6.92 Å². The van der Waals surface area contributed by atoms with Gasteiger partial charge in [-0.25, -0.2) is 4.98 Å². The number of halogens is 1. The third kappa shape index (κ3) is 6.31. The molecule has 2 heterocycles. The molecule has 0 fully saturated rings. The molecule has 0 radical (unpaired) electrons. The van der Waals surface area contributed by atoms with E-state index in [-0.39, 0.29) is 24.0 Å². The van der Waals surface area contributed by atoms with Crippen LogP contribution in [0.25, 0.3) is 0 Å². The van der Waals surface area contributed by atoms with Crippen LogP contribution in [-0.2, 0) is 12.8 Å². The van der Waals surface area contributed by atoms with Crippen molar-refractivity contribution in [2.45, 2.75) is 26.7 Å². The zero-order valence-corrected chi connectivity index (χ0v) is 16.2. The van der Waals surface area contributed by atoms with Gasteiger partial charge in [0.15, 0.2) is 5.96 Å². The molecule has 0 aliphatic rings. The van der Waals surface area contributed by atoms with Crippen LogP contribution in [0.15, 0.2) is 22.5 Å². The van der Waals surface area contributed by atoms with Crippen molar-refractivity contribution in [1.29, 1.82) is 0 Å². The number of nitrogens with two attached hydrogens (primary N) is 1. The van der Waals surface area contributed by atoms with Gasteiger partial charge in [-0.15, -0.1) is 46.7 Å². The van der Waals surface area contributed by atoms with Gasteiger partial charge in [-0.05, 0) is 31.7 Å². The van der Waals surface area contributed by atoms with Crippen LogP contribution in [0.3, 0.4) is 0 Å². The Hall–Kier alpha value is -0.670. The summed E-state index contributed by atoms with van der Waals surface area (Å²) in [5.74, 6) is 0.520. The number of hydrogen-bond acceptors (Lipinski definition) is 4. The smallest absolute Gasteiger partial charge is 0.188 e. The summed E-state index contributed by atoms with van der Waals surface area (Å²) >= 11 is 3.51. The van der Waals surface area contributed by atoms with Crippen LogP contribution >= 0.6 is 46.7 Å². The summed E-state index contributed by atoms with van der Waals surface area (Å²) < 4.78 is 0. The molecule has 0 saturated carbocycles. The Labute approximate surface area is 150 Å². The maximum Gasteiger partial charge on any atom is 0.188 e. The highest BCUT2D eigenvalue weighted by Gasteiger charge is 2.02. The van der Waals surface area contributed by atoms with E-state index in [9.17, 15) is 0 Å².